The van der Waals surface area contributed by atoms with Crippen LogP contribution in [0.25, 0.3) is 0 Å². The Labute approximate surface area is 99.8 Å². The van der Waals surface area contributed by atoms with E-state index in [4.69, 9.17) is 9.84 Å². The van der Waals surface area contributed by atoms with Gasteiger partial charge in [-0.1, -0.05) is 0 Å². The fourth-order valence-corrected chi connectivity index (χ4v) is 1.90. The standard InChI is InChI=1S/C10H12F2N2O4/c11-4-10(5-15)6(12)3-8(18-10)14-2-1-7(16)13-9(14)17/h1-2,6,8,15H,3-5H2,(H,13,16,17)/t6-,8-,10-/m1/s1. The number of aliphatic hydroxyl groups is 1. The van der Waals surface area contributed by atoms with E-state index in [-0.39, 0.29) is 6.42 Å². The van der Waals surface area contributed by atoms with Gasteiger partial charge in [0.15, 0.2) is 5.60 Å². The molecule has 6 nitrogen and oxygen atoms in total. The maximum Gasteiger partial charge on any atom is 0.330 e. The van der Waals surface area contributed by atoms with Crippen molar-refractivity contribution in [2.75, 3.05) is 13.3 Å². The predicted molar refractivity (Wildman–Crippen MR) is 56.7 cm³/mol. The molecule has 2 N–H and O–H groups in total. The van der Waals surface area contributed by atoms with Crippen molar-refractivity contribution in [2.45, 2.75) is 24.4 Å². The van der Waals surface area contributed by atoms with E-state index in [1.807, 2.05) is 4.98 Å². The molecule has 1 fully saturated rings. The quantitative estimate of drug-likeness (QED) is 0.768. The molecule has 0 bridgehead atoms. The first-order chi connectivity index (χ1) is 8.52. The Morgan fingerprint density at radius 3 is 2.83 bits per heavy atom. The molecule has 0 aliphatic carbocycles. The van der Waals surface area contributed by atoms with Gasteiger partial charge in [0.05, 0.1) is 6.61 Å². The summed E-state index contributed by atoms with van der Waals surface area (Å²) in [6.07, 6.45) is -1.90. The minimum absolute atomic E-state index is 0.267. The van der Waals surface area contributed by atoms with E-state index >= 15 is 0 Å². The topological polar surface area (TPSA) is 84.3 Å². The van der Waals surface area contributed by atoms with Crippen molar-refractivity contribution < 1.29 is 18.6 Å². The van der Waals surface area contributed by atoms with E-state index in [9.17, 15) is 18.4 Å². The minimum Gasteiger partial charge on any atom is -0.393 e. The molecule has 18 heavy (non-hydrogen) atoms. The van der Waals surface area contributed by atoms with Crippen LogP contribution in [0, 0.1) is 0 Å². The van der Waals surface area contributed by atoms with Gasteiger partial charge in [-0.3, -0.25) is 14.3 Å². The van der Waals surface area contributed by atoms with Crippen molar-refractivity contribution in [1.82, 2.24) is 9.55 Å². The third-order valence-corrected chi connectivity index (χ3v) is 3.01. The molecule has 8 heteroatoms. The zero-order valence-corrected chi connectivity index (χ0v) is 9.31. The number of aliphatic hydroxyl groups excluding tert-OH is 1. The normalized spacial score (nSPS) is 31.7. The van der Waals surface area contributed by atoms with Crippen molar-refractivity contribution in [1.29, 1.82) is 0 Å². The van der Waals surface area contributed by atoms with Gasteiger partial charge in [-0.2, -0.15) is 0 Å². The van der Waals surface area contributed by atoms with Crippen LogP contribution < -0.4 is 11.2 Å². The highest BCUT2D eigenvalue weighted by atomic mass is 19.1. The second-order valence-electron chi connectivity index (χ2n) is 4.15. The van der Waals surface area contributed by atoms with Crippen LogP contribution in [0.3, 0.4) is 0 Å². The Bertz CT molecular complexity index is 537. The molecule has 2 heterocycles. The molecule has 1 aromatic heterocycles. The number of ether oxygens (including phenoxy) is 1. The SMILES string of the molecule is O=c1ccn([C@H]2C[C@@H](F)[C@](CO)(CF)O2)c(=O)[nH]1. The van der Waals surface area contributed by atoms with E-state index in [1.165, 1.54) is 0 Å². The van der Waals surface area contributed by atoms with Gasteiger partial charge >= 0.3 is 5.69 Å². The molecule has 3 atom stereocenters. The lowest BCUT2D eigenvalue weighted by Crippen LogP contribution is -2.43. The maximum absolute atomic E-state index is 13.7. The van der Waals surface area contributed by atoms with Crippen LogP contribution >= 0.6 is 0 Å². The highest BCUT2D eigenvalue weighted by Gasteiger charge is 2.50. The van der Waals surface area contributed by atoms with Crippen LogP contribution in [0.2, 0.25) is 0 Å². The molecule has 2 rings (SSSR count). The number of hydrogen-bond donors (Lipinski definition) is 2. The Kier molecular flexibility index (Phi) is 3.31. The highest BCUT2D eigenvalue weighted by Crippen LogP contribution is 2.38. The van der Waals surface area contributed by atoms with Crippen molar-refractivity contribution in [3.63, 3.8) is 0 Å². The molecule has 1 saturated heterocycles. The number of hydrogen-bond acceptors (Lipinski definition) is 4. The molecule has 0 amide bonds. The van der Waals surface area contributed by atoms with Crippen molar-refractivity contribution >= 4 is 0 Å². The number of halogens is 2. The summed E-state index contributed by atoms with van der Waals surface area (Å²) < 4.78 is 32.5. The lowest BCUT2D eigenvalue weighted by molar-refractivity contribution is -0.126. The molecule has 0 aromatic carbocycles. The Morgan fingerprint density at radius 2 is 2.33 bits per heavy atom. The Balaban J connectivity index is 2.32. The molecular formula is C10H12F2N2O4. The largest absolute Gasteiger partial charge is 0.393 e. The highest BCUT2D eigenvalue weighted by molar-refractivity contribution is 4.97. The molecule has 0 unspecified atom stereocenters. The van der Waals surface area contributed by atoms with E-state index in [2.05, 4.69) is 0 Å². The van der Waals surface area contributed by atoms with Gasteiger partial charge in [0.2, 0.25) is 0 Å². The smallest absolute Gasteiger partial charge is 0.330 e. The summed E-state index contributed by atoms with van der Waals surface area (Å²) in [5.74, 6) is 0. The summed E-state index contributed by atoms with van der Waals surface area (Å²) in [5.41, 5.74) is -3.29. The molecule has 0 radical (unpaired) electrons. The Morgan fingerprint density at radius 1 is 1.61 bits per heavy atom. The first-order valence-corrected chi connectivity index (χ1v) is 5.32. The number of aromatic nitrogens is 2. The number of rotatable bonds is 3. The first kappa shape index (κ1) is 12.9. The molecule has 1 aliphatic heterocycles. The second kappa shape index (κ2) is 4.62. The number of alkyl halides is 2. The summed E-state index contributed by atoms with van der Waals surface area (Å²) in [6, 6.07) is 1.08. The zero-order chi connectivity index (χ0) is 13.3. The van der Waals surface area contributed by atoms with Crippen molar-refractivity contribution in [3.05, 3.63) is 33.1 Å². The number of H-pyrrole nitrogens is 1. The monoisotopic (exact) mass is 262 g/mol. The molecule has 0 spiro atoms. The van der Waals surface area contributed by atoms with Gasteiger partial charge in [-0.15, -0.1) is 0 Å². The minimum atomic E-state index is -1.93. The van der Waals surface area contributed by atoms with Crippen LogP contribution in [0.15, 0.2) is 21.9 Å². The predicted octanol–water partition coefficient (Wildman–Crippen LogP) is -0.506. The summed E-state index contributed by atoms with van der Waals surface area (Å²) in [4.78, 5) is 24.3. The lowest BCUT2D eigenvalue weighted by atomic mass is 10.0. The second-order valence-corrected chi connectivity index (χ2v) is 4.15. The molecule has 1 aromatic rings. The van der Waals surface area contributed by atoms with Gasteiger partial charge in [0.25, 0.3) is 5.56 Å². The Hall–Kier alpha value is -1.54. The fraction of sp³-hybridized carbons (Fsp3) is 0.600. The average molecular weight is 262 g/mol. The van der Waals surface area contributed by atoms with Crippen LogP contribution in [-0.4, -0.2) is 39.7 Å². The van der Waals surface area contributed by atoms with Gasteiger partial charge < -0.3 is 9.84 Å². The molecule has 0 saturated carbocycles. The first-order valence-electron chi connectivity index (χ1n) is 5.32. The molecule has 1 aliphatic rings. The van der Waals surface area contributed by atoms with Gasteiger partial charge in [-0.05, 0) is 0 Å². The van der Waals surface area contributed by atoms with Crippen LogP contribution in [0.4, 0.5) is 8.78 Å². The fourth-order valence-electron chi connectivity index (χ4n) is 1.90. The van der Waals surface area contributed by atoms with Crippen LogP contribution in [0.1, 0.15) is 12.6 Å². The lowest BCUT2D eigenvalue weighted by Gasteiger charge is -2.25. The summed E-state index contributed by atoms with van der Waals surface area (Å²) >= 11 is 0. The van der Waals surface area contributed by atoms with Gasteiger partial charge in [0, 0.05) is 18.7 Å². The average Bonchev–Trinajstić information content (AvgIpc) is 2.67. The third-order valence-electron chi connectivity index (χ3n) is 3.01. The van der Waals surface area contributed by atoms with E-state index in [0.717, 1.165) is 16.8 Å². The summed E-state index contributed by atoms with van der Waals surface area (Å²) in [6.45, 7) is -2.02. The van der Waals surface area contributed by atoms with Crippen LogP contribution in [0.5, 0.6) is 0 Å². The zero-order valence-electron chi connectivity index (χ0n) is 9.31. The van der Waals surface area contributed by atoms with E-state index < -0.39 is 42.5 Å². The van der Waals surface area contributed by atoms with E-state index in [0.29, 0.717) is 0 Å². The summed E-state index contributed by atoms with van der Waals surface area (Å²) in [5, 5.41) is 9.01. The van der Waals surface area contributed by atoms with Crippen LogP contribution in [-0.2, 0) is 4.74 Å². The number of nitrogens with zero attached hydrogens (tertiary/aromatic N) is 1. The van der Waals surface area contributed by atoms with Crippen molar-refractivity contribution in [2.24, 2.45) is 0 Å². The number of nitrogens with one attached hydrogen (secondary N) is 1. The van der Waals surface area contributed by atoms with E-state index in [1.54, 1.807) is 0 Å². The van der Waals surface area contributed by atoms with Gasteiger partial charge in [0.1, 0.15) is 19.1 Å². The maximum atomic E-state index is 13.7. The molecule has 100 valence electrons. The third kappa shape index (κ3) is 1.97. The van der Waals surface area contributed by atoms with Gasteiger partial charge in [-0.25, -0.2) is 13.6 Å². The number of aromatic amines is 1. The van der Waals surface area contributed by atoms with Crippen molar-refractivity contribution in [3.8, 4) is 0 Å². The molecular weight excluding hydrogens is 250 g/mol. The summed E-state index contributed by atoms with van der Waals surface area (Å²) in [7, 11) is 0.